The topological polar surface area (TPSA) is 114 Å². The summed E-state index contributed by atoms with van der Waals surface area (Å²) in [4.78, 5) is 24.1. The summed E-state index contributed by atoms with van der Waals surface area (Å²) >= 11 is 0. The molecule has 0 aromatic heterocycles. The van der Waals surface area contributed by atoms with Gasteiger partial charge in [0.15, 0.2) is 0 Å². The lowest BCUT2D eigenvalue weighted by Crippen LogP contribution is -2.66. The van der Waals surface area contributed by atoms with Crippen molar-refractivity contribution in [3.05, 3.63) is 65.2 Å². The maximum absolute atomic E-state index is 13.2. The Hall–Kier alpha value is -3.48. The minimum absolute atomic E-state index is 0.0960. The van der Waals surface area contributed by atoms with E-state index in [0.29, 0.717) is 16.9 Å². The van der Waals surface area contributed by atoms with Crippen LogP contribution in [0.2, 0.25) is 0 Å². The molecule has 9 heteroatoms. The smallest absolute Gasteiger partial charge is 0.268 e. The van der Waals surface area contributed by atoms with E-state index in [1.807, 2.05) is 12.1 Å². The van der Waals surface area contributed by atoms with Crippen LogP contribution in [-0.4, -0.2) is 42.1 Å². The van der Waals surface area contributed by atoms with E-state index in [0.717, 1.165) is 6.92 Å². The highest BCUT2D eigenvalue weighted by Gasteiger charge is 2.44. The molecule has 7 nitrogen and oxygen atoms in total. The molecule has 158 valence electrons. The van der Waals surface area contributed by atoms with Crippen molar-refractivity contribution in [1.82, 2.24) is 10.8 Å². The van der Waals surface area contributed by atoms with Gasteiger partial charge in [0.05, 0.1) is 12.7 Å². The van der Waals surface area contributed by atoms with Crippen molar-refractivity contribution in [2.24, 2.45) is 5.73 Å². The lowest BCUT2D eigenvalue weighted by atomic mass is 9.92. The average Bonchev–Trinajstić information content (AvgIpc) is 2.75. The summed E-state index contributed by atoms with van der Waals surface area (Å²) in [5, 5.41) is 10.9. The summed E-state index contributed by atoms with van der Waals surface area (Å²) in [6, 6.07) is 11.3. The molecule has 0 spiro atoms. The zero-order chi connectivity index (χ0) is 22.3. The summed E-state index contributed by atoms with van der Waals surface area (Å²) in [6.07, 6.45) is -3.13. The van der Waals surface area contributed by atoms with E-state index >= 15 is 0 Å². The number of methoxy groups -OCH3 is 1. The van der Waals surface area contributed by atoms with Gasteiger partial charge in [0.1, 0.15) is 17.3 Å². The number of rotatable bonds is 6. The normalized spacial score (nSPS) is 13.4. The van der Waals surface area contributed by atoms with Crippen molar-refractivity contribution >= 4 is 11.8 Å². The van der Waals surface area contributed by atoms with Gasteiger partial charge in [-0.25, -0.2) is 14.3 Å². The molecule has 1 unspecified atom stereocenters. The quantitative estimate of drug-likeness (QED) is 0.325. The van der Waals surface area contributed by atoms with Gasteiger partial charge in [-0.15, -0.1) is 0 Å². The van der Waals surface area contributed by atoms with Gasteiger partial charge in [0.2, 0.25) is 0 Å². The minimum atomic E-state index is -3.13. The number of carbonyl (C=O) groups excluding carboxylic acids is 2. The second kappa shape index (κ2) is 9.82. The Bertz CT molecular complexity index is 966. The van der Waals surface area contributed by atoms with Crippen molar-refractivity contribution in [2.45, 2.75) is 24.9 Å². The third-order valence-corrected chi connectivity index (χ3v) is 4.34. The van der Waals surface area contributed by atoms with Crippen LogP contribution in [0.15, 0.2) is 48.5 Å². The summed E-state index contributed by atoms with van der Waals surface area (Å²) in [6.45, 7) is 0.897. The van der Waals surface area contributed by atoms with E-state index in [-0.39, 0.29) is 5.56 Å². The van der Waals surface area contributed by atoms with Crippen molar-refractivity contribution in [2.75, 3.05) is 7.11 Å². The summed E-state index contributed by atoms with van der Waals surface area (Å²) in [7, 11) is 1.54. The maximum Gasteiger partial charge on any atom is 0.268 e. The van der Waals surface area contributed by atoms with Gasteiger partial charge in [0, 0.05) is 11.1 Å². The lowest BCUT2D eigenvalue weighted by Gasteiger charge is -2.32. The molecular formula is C21H21F2N3O4. The van der Waals surface area contributed by atoms with Gasteiger partial charge in [-0.2, -0.15) is 0 Å². The summed E-state index contributed by atoms with van der Waals surface area (Å²) in [5.41, 5.74) is 5.70. The number of benzene rings is 2. The van der Waals surface area contributed by atoms with E-state index in [1.54, 1.807) is 31.4 Å². The van der Waals surface area contributed by atoms with Gasteiger partial charge in [-0.1, -0.05) is 24.0 Å². The van der Waals surface area contributed by atoms with E-state index < -0.39 is 29.8 Å². The van der Waals surface area contributed by atoms with Crippen LogP contribution in [-0.2, 0) is 4.79 Å². The summed E-state index contributed by atoms with van der Waals surface area (Å²) < 4.78 is 31.6. The first-order chi connectivity index (χ1) is 14.2. The third-order valence-electron chi connectivity index (χ3n) is 4.34. The van der Waals surface area contributed by atoms with Crippen molar-refractivity contribution < 1.29 is 28.3 Å². The molecule has 2 atom stereocenters. The molecular weight excluding hydrogens is 396 g/mol. The van der Waals surface area contributed by atoms with Crippen molar-refractivity contribution in [1.29, 1.82) is 0 Å². The molecule has 30 heavy (non-hydrogen) atoms. The van der Waals surface area contributed by atoms with Crippen LogP contribution in [0.3, 0.4) is 0 Å². The molecule has 0 fully saturated rings. The van der Waals surface area contributed by atoms with Crippen LogP contribution in [0, 0.1) is 11.8 Å². The molecule has 2 aromatic carbocycles. The predicted octanol–water partition coefficient (Wildman–Crippen LogP) is 1.68. The number of ether oxygens (including phenoxy) is 1. The Balaban J connectivity index is 2.18. The van der Waals surface area contributed by atoms with Crippen LogP contribution in [0.25, 0.3) is 0 Å². The Morgan fingerprint density at radius 3 is 2.33 bits per heavy atom. The number of halogens is 2. The Morgan fingerprint density at radius 2 is 1.77 bits per heavy atom. The van der Waals surface area contributed by atoms with Gasteiger partial charge in [0.25, 0.3) is 18.2 Å². The number of alkyl halides is 2. The first kappa shape index (κ1) is 22.8. The lowest BCUT2D eigenvalue weighted by molar-refractivity contribution is -0.134. The molecule has 0 saturated heterocycles. The number of hydrogen-bond acceptors (Lipinski definition) is 5. The SMILES string of the molecule is COc1ccccc1C#Cc1ccc(C(=O)N[C@H](C(=O)NO)C(C)(N)C(F)F)cc1. The third kappa shape index (κ3) is 5.31. The minimum Gasteiger partial charge on any atom is -0.495 e. The van der Waals surface area contributed by atoms with Crippen LogP contribution < -0.4 is 21.3 Å². The van der Waals surface area contributed by atoms with Crippen molar-refractivity contribution in [3.63, 3.8) is 0 Å². The Kier molecular flexibility index (Phi) is 7.47. The van der Waals surface area contributed by atoms with E-state index in [9.17, 15) is 18.4 Å². The Morgan fingerprint density at radius 1 is 1.13 bits per heavy atom. The number of amides is 2. The first-order valence-electron chi connectivity index (χ1n) is 8.77. The molecule has 0 heterocycles. The highest BCUT2D eigenvalue weighted by Crippen LogP contribution is 2.18. The fourth-order valence-electron chi connectivity index (χ4n) is 2.50. The molecule has 0 saturated carbocycles. The average molecular weight is 417 g/mol. The highest BCUT2D eigenvalue weighted by atomic mass is 19.3. The Labute approximate surface area is 172 Å². The largest absolute Gasteiger partial charge is 0.495 e. The number of carbonyl (C=O) groups is 2. The van der Waals surface area contributed by atoms with E-state index in [2.05, 4.69) is 17.2 Å². The van der Waals surface area contributed by atoms with Gasteiger partial charge >= 0.3 is 0 Å². The zero-order valence-corrected chi connectivity index (χ0v) is 16.3. The second-order valence-corrected chi connectivity index (χ2v) is 6.58. The number of nitrogens with two attached hydrogens (primary N) is 1. The number of para-hydroxylation sites is 1. The number of hydroxylamine groups is 1. The van der Waals surface area contributed by atoms with Crippen LogP contribution in [0.1, 0.15) is 28.4 Å². The molecule has 0 bridgehead atoms. The highest BCUT2D eigenvalue weighted by molar-refractivity contribution is 5.98. The standard InChI is InChI=1S/C21H21F2N3O4/c1-21(24,20(22)23)17(19(28)26-29)25-18(27)15-11-8-13(9-12-15)7-10-14-5-3-4-6-16(14)30-2/h3-6,8-9,11-12,17,20,29H,24H2,1-2H3,(H,25,27)(H,26,28)/t17-,21?/m1/s1. The molecule has 0 aliphatic heterocycles. The molecule has 0 aliphatic carbocycles. The number of nitrogens with one attached hydrogen (secondary N) is 2. The first-order valence-corrected chi connectivity index (χ1v) is 8.77. The van der Waals surface area contributed by atoms with Gasteiger partial charge < -0.3 is 15.8 Å². The fraction of sp³-hybridized carbons (Fsp3) is 0.238. The van der Waals surface area contributed by atoms with E-state index in [1.165, 1.54) is 17.6 Å². The molecule has 2 rings (SSSR count). The van der Waals surface area contributed by atoms with E-state index in [4.69, 9.17) is 15.7 Å². The van der Waals surface area contributed by atoms with Crippen LogP contribution in [0.4, 0.5) is 8.78 Å². The zero-order valence-electron chi connectivity index (χ0n) is 16.3. The molecule has 2 amide bonds. The molecule has 0 aliphatic rings. The van der Waals surface area contributed by atoms with Crippen LogP contribution >= 0.6 is 0 Å². The number of hydrogen-bond donors (Lipinski definition) is 4. The van der Waals surface area contributed by atoms with Crippen LogP contribution in [0.5, 0.6) is 5.75 Å². The molecule has 5 N–H and O–H groups in total. The summed E-state index contributed by atoms with van der Waals surface area (Å²) in [5.74, 6) is 4.44. The predicted molar refractivity (Wildman–Crippen MR) is 105 cm³/mol. The molecule has 0 radical (unpaired) electrons. The monoisotopic (exact) mass is 417 g/mol. The molecule has 2 aromatic rings. The maximum atomic E-state index is 13.2. The fourth-order valence-corrected chi connectivity index (χ4v) is 2.50. The second-order valence-electron chi connectivity index (χ2n) is 6.58. The van der Waals surface area contributed by atoms with Crippen molar-refractivity contribution in [3.8, 4) is 17.6 Å². The van der Waals surface area contributed by atoms with Gasteiger partial charge in [-0.05, 0) is 43.3 Å². The van der Waals surface area contributed by atoms with Gasteiger partial charge in [-0.3, -0.25) is 14.8 Å².